The average Bonchev–Trinajstić information content (AvgIpc) is 2.36. The van der Waals surface area contributed by atoms with E-state index < -0.39 is 0 Å². The van der Waals surface area contributed by atoms with Crippen LogP contribution in [0, 0.1) is 6.20 Å². The van der Waals surface area contributed by atoms with Gasteiger partial charge >= 0.3 is 5.97 Å². The third-order valence-electron chi connectivity index (χ3n) is 1.14. The van der Waals surface area contributed by atoms with E-state index in [-0.39, 0.29) is 5.97 Å². The monoisotopic (exact) mass is 153 g/mol. The number of carbonyl (C=O) groups excluding carboxylic acids is 1. The fourth-order valence-corrected chi connectivity index (χ4v) is 0.684. The molecule has 0 aromatic carbocycles. The Kier molecular flexibility index (Phi) is 2.25. The molecule has 1 heterocycles. The highest BCUT2D eigenvalue weighted by Crippen LogP contribution is 1.97. The Morgan fingerprint density at radius 2 is 2.64 bits per heavy atom. The average molecular weight is 153 g/mol. The third-order valence-corrected chi connectivity index (χ3v) is 1.14. The Hall–Kier alpha value is -1.32. The molecular weight excluding hydrogens is 144 g/mol. The second-order valence-corrected chi connectivity index (χ2v) is 2.05. The minimum absolute atomic E-state index is 0.370. The second kappa shape index (κ2) is 3.18. The summed E-state index contributed by atoms with van der Waals surface area (Å²) in [6, 6.07) is 0. The lowest BCUT2D eigenvalue weighted by Crippen LogP contribution is -2.03. The van der Waals surface area contributed by atoms with Gasteiger partial charge in [-0.3, -0.25) is 4.68 Å². The molecule has 1 aromatic rings. The normalized spacial score (nSPS) is 9.64. The van der Waals surface area contributed by atoms with Crippen molar-refractivity contribution in [1.29, 1.82) is 0 Å². The molecule has 4 nitrogen and oxygen atoms in total. The van der Waals surface area contributed by atoms with Crippen LogP contribution in [-0.4, -0.2) is 22.4 Å². The Balaban J connectivity index is 2.69. The lowest BCUT2D eigenvalue weighted by Gasteiger charge is -1.95. The van der Waals surface area contributed by atoms with Crippen LogP contribution in [0.5, 0.6) is 0 Å². The highest BCUT2D eigenvalue weighted by molar-refractivity contribution is 5.88. The predicted molar refractivity (Wildman–Crippen MR) is 38.0 cm³/mol. The maximum absolute atomic E-state index is 11.0. The minimum Gasteiger partial charge on any atom is -0.462 e. The van der Waals surface area contributed by atoms with Crippen molar-refractivity contribution in [3.8, 4) is 0 Å². The Bertz CT molecular complexity index is 255. The van der Waals surface area contributed by atoms with Crippen molar-refractivity contribution in [1.82, 2.24) is 9.78 Å². The summed E-state index contributed by atoms with van der Waals surface area (Å²) < 4.78 is 6.22. The number of carbonyl (C=O) groups is 1. The topological polar surface area (TPSA) is 44.1 Å². The van der Waals surface area contributed by atoms with Crippen LogP contribution in [0.3, 0.4) is 0 Å². The molecule has 1 radical (unpaired) electrons. The molecular formula is C7H9N2O2. The van der Waals surface area contributed by atoms with Gasteiger partial charge in [-0.2, -0.15) is 5.10 Å². The first kappa shape index (κ1) is 7.78. The molecule has 0 amide bonds. The number of hydrogen-bond donors (Lipinski definition) is 0. The van der Waals surface area contributed by atoms with Gasteiger partial charge in [0.05, 0.1) is 6.61 Å². The molecule has 0 saturated carbocycles. The summed E-state index contributed by atoms with van der Waals surface area (Å²) in [5.74, 6) is -0.374. The van der Waals surface area contributed by atoms with Crippen molar-refractivity contribution in [2.75, 3.05) is 6.61 Å². The molecule has 0 N–H and O–H groups in total. The number of aryl methyl sites for hydroxylation is 1. The zero-order valence-corrected chi connectivity index (χ0v) is 6.50. The smallest absolute Gasteiger partial charge is 0.342 e. The lowest BCUT2D eigenvalue weighted by atomic mass is 10.4. The fraction of sp³-hybridized carbons (Fsp3) is 0.429. The largest absolute Gasteiger partial charge is 0.462 e. The van der Waals surface area contributed by atoms with Crippen LogP contribution in [0.2, 0.25) is 0 Å². The zero-order chi connectivity index (χ0) is 8.27. The van der Waals surface area contributed by atoms with Crippen molar-refractivity contribution in [2.45, 2.75) is 6.92 Å². The number of nitrogens with zero attached hydrogens (tertiary/aromatic N) is 2. The molecule has 59 valence electrons. The van der Waals surface area contributed by atoms with E-state index in [1.54, 1.807) is 20.2 Å². The van der Waals surface area contributed by atoms with E-state index in [4.69, 9.17) is 4.74 Å². The summed E-state index contributed by atoms with van der Waals surface area (Å²) in [4.78, 5) is 11.0. The molecule has 0 aliphatic heterocycles. The van der Waals surface area contributed by atoms with Gasteiger partial charge in [-0.1, -0.05) is 0 Å². The van der Waals surface area contributed by atoms with Crippen LogP contribution in [0.25, 0.3) is 0 Å². The summed E-state index contributed by atoms with van der Waals surface area (Å²) >= 11 is 0. The van der Waals surface area contributed by atoms with Gasteiger partial charge in [0, 0.05) is 13.2 Å². The van der Waals surface area contributed by atoms with Gasteiger partial charge in [-0.15, -0.1) is 0 Å². The molecule has 1 rings (SSSR count). The summed E-state index contributed by atoms with van der Waals surface area (Å²) in [6.07, 6.45) is 4.10. The van der Waals surface area contributed by atoms with Gasteiger partial charge in [0.25, 0.3) is 0 Å². The standard InChI is InChI=1S/C7H9N2O2/c1-3-11-7(10)6-4-8-9(2)5-6/h5H,3H2,1-2H3. The van der Waals surface area contributed by atoms with Crippen molar-refractivity contribution in [3.05, 3.63) is 18.0 Å². The zero-order valence-electron chi connectivity index (χ0n) is 6.50. The number of ether oxygens (including phenoxy) is 1. The maximum atomic E-state index is 11.0. The van der Waals surface area contributed by atoms with Gasteiger partial charge in [-0.25, -0.2) is 4.79 Å². The van der Waals surface area contributed by atoms with Crippen LogP contribution in [0.1, 0.15) is 17.3 Å². The first-order valence-electron chi connectivity index (χ1n) is 3.32. The molecule has 0 unspecified atom stereocenters. The van der Waals surface area contributed by atoms with Crippen LogP contribution in [0.4, 0.5) is 0 Å². The molecule has 0 atom stereocenters. The van der Waals surface area contributed by atoms with E-state index in [0.29, 0.717) is 12.2 Å². The van der Waals surface area contributed by atoms with Crippen LogP contribution >= 0.6 is 0 Å². The SMILES string of the molecule is CCOC(=O)c1[c]nn(C)c1. The van der Waals surface area contributed by atoms with Crippen molar-refractivity contribution < 1.29 is 9.53 Å². The molecule has 0 aliphatic rings. The van der Waals surface area contributed by atoms with E-state index >= 15 is 0 Å². The Morgan fingerprint density at radius 1 is 1.91 bits per heavy atom. The first-order valence-corrected chi connectivity index (χ1v) is 3.32. The molecule has 0 aliphatic carbocycles. The van der Waals surface area contributed by atoms with Gasteiger partial charge < -0.3 is 4.74 Å². The molecule has 1 aromatic heterocycles. The Labute approximate surface area is 64.8 Å². The highest BCUT2D eigenvalue weighted by Gasteiger charge is 2.07. The molecule has 0 spiro atoms. The number of rotatable bonds is 2. The van der Waals surface area contributed by atoms with Gasteiger partial charge in [0.2, 0.25) is 0 Å². The van der Waals surface area contributed by atoms with Crippen molar-refractivity contribution >= 4 is 5.97 Å². The van der Waals surface area contributed by atoms with Gasteiger partial charge in [-0.05, 0) is 6.92 Å². The maximum Gasteiger partial charge on any atom is 0.342 e. The second-order valence-electron chi connectivity index (χ2n) is 2.05. The number of esters is 1. The minimum atomic E-state index is -0.374. The van der Waals surface area contributed by atoms with E-state index in [9.17, 15) is 4.79 Å². The van der Waals surface area contributed by atoms with E-state index in [2.05, 4.69) is 11.3 Å². The number of hydrogen-bond acceptors (Lipinski definition) is 3. The van der Waals surface area contributed by atoms with Gasteiger partial charge in [0.15, 0.2) is 0 Å². The van der Waals surface area contributed by atoms with Crippen LogP contribution < -0.4 is 0 Å². The van der Waals surface area contributed by atoms with Crippen molar-refractivity contribution in [3.63, 3.8) is 0 Å². The van der Waals surface area contributed by atoms with Gasteiger partial charge in [0.1, 0.15) is 11.8 Å². The predicted octanol–water partition coefficient (Wildman–Crippen LogP) is 0.397. The molecule has 0 saturated heterocycles. The van der Waals surface area contributed by atoms with Crippen LogP contribution in [-0.2, 0) is 11.8 Å². The summed E-state index contributed by atoms with van der Waals surface area (Å²) in [5.41, 5.74) is 0.370. The highest BCUT2D eigenvalue weighted by atomic mass is 16.5. The lowest BCUT2D eigenvalue weighted by molar-refractivity contribution is 0.0526. The Morgan fingerprint density at radius 3 is 3.09 bits per heavy atom. The van der Waals surface area contributed by atoms with E-state index in [1.165, 1.54) is 4.68 Å². The number of aromatic nitrogens is 2. The van der Waals surface area contributed by atoms with Crippen LogP contribution in [0.15, 0.2) is 6.20 Å². The fourth-order valence-electron chi connectivity index (χ4n) is 0.684. The quantitative estimate of drug-likeness (QED) is 0.577. The molecule has 0 bridgehead atoms. The first-order chi connectivity index (χ1) is 5.24. The summed E-state index contributed by atoms with van der Waals surface area (Å²) in [6.45, 7) is 2.13. The summed E-state index contributed by atoms with van der Waals surface area (Å²) in [5, 5.41) is 3.71. The molecule has 4 heteroatoms. The molecule has 0 fully saturated rings. The summed E-state index contributed by atoms with van der Waals surface area (Å²) in [7, 11) is 1.72. The van der Waals surface area contributed by atoms with E-state index in [1.807, 2.05) is 0 Å². The van der Waals surface area contributed by atoms with E-state index in [0.717, 1.165) is 0 Å². The van der Waals surface area contributed by atoms with Crippen molar-refractivity contribution in [2.24, 2.45) is 7.05 Å². The third kappa shape index (κ3) is 1.80. The molecule has 11 heavy (non-hydrogen) atoms.